The molecule has 0 aliphatic carbocycles. The lowest BCUT2D eigenvalue weighted by molar-refractivity contribution is 0.501. The highest BCUT2D eigenvalue weighted by atomic mass is 19.1. The first-order valence-corrected chi connectivity index (χ1v) is 5.31. The summed E-state index contributed by atoms with van der Waals surface area (Å²) in [6, 6.07) is 5.71. The third kappa shape index (κ3) is 2.36. The predicted molar refractivity (Wildman–Crippen MR) is 61.6 cm³/mol. The first-order chi connectivity index (χ1) is 8.11. The molecule has 0 fully saturated rings. The van der Waals surface area contributed by atoms with Crippen molar-refractivity contribution in [2.24, 2.45) is 0 Å². The zero-order valence-corrected chi connectivity index (χ0v) is 9.68. The number of aryl methyl sites for hydroxylation is 1. The summed E-state index contributed by atoms with van der Waals surface area (Å²) in [6.45, 7) is 2.08. The molecule has 0 aliphatic heterocycles. The van der Waals surface area contributed by atoms with E-state index < -0.39 is 11.6 Å². The largest absolute Gasteiger partial charge is 0.460 e. The molecular weight excluding hydrogens is 224 g/mol. The Labute approximate surface area is 98.3 Å². The van der Waals surface area contributed by atoms with E-state index in [1.807, 2.05) is 0 Å². The van der Waals surface area contributed by atoms with E-state index in [9.17, 15) is 8.78 Å². The second-order valence-corrected chi connectivity index (χ2v) is 3.88. The molecule has 0 atom stereocenters. The smallest absolute Gasteiger partial charge is 0.137 e. The van der Waals surface area contributed by atoms with Crippen LogP contribution in [0.4, 0.5) is 8.78 Å². The Morgan fingerprint density at radius 1 is 1.18 bits per heavy atom. The maximum Gasteiger partial charge on any atom is 0.137 e. The van der Waals surface area contributed by atoms with E-state index in [0.717, 1.165) is 6.07 Å². The van der Waals surface area contributed by atoms with Crippen LogP contribution in [0, 0.1) is 18.6 Å². The van der Waals surface area contributed by atoms with E-state index >= 15 is 0 Å². The average molecular weight is 237 g/mol. The predicted octanol–water partition coefficient (Wildman–Crippen LogP) is 3.25. The van der Waals surface area contributed by atoms with Gasteiger partial charge < -0.3 is 9.73 Å². The van der Waals surface area contributed by atoms with Gasteiger partial charge in [0.2, 0.25) is 0 Å². The molecule has 4 heteroatoms. The third-order valence-electron chi connectivity index (χ3n) is 2.53. The van der Waals surface area contributed by atoms with E-state index in [1.54, 1.807) is 19.2 Å². The van der Waals surface area contributed by atoms with Crippen molar-refractivity contribution < 1.29 is 13.2 Å². The van der Waals surface area contributed by atoms with Crippen LogP contribution in [0.2, 0.25) is 0 Å². The average Bonchev–Trinajstić information content (AvgIpc) is 2.72. The second kappa shape index (κ2) is 4.67. The molecule has 0 saturated carbocycles. The SMILES string of the molecule is CNCc1ccc(-c2cc(F)c(C)cc2F)o1. The fraction of sp³-hybridized carbons (Fsp3) is 0.231. The molecule has 17 heavy (non-hydrogen) atoms. The molecule has 90 valence electrons. The van der Waals surface area contributed by atoms with Crippen molar-refractivity contribution in [2.75, 3.05) is 7.05 Å². The van der Waals surface area contributed by atoms with Crippen molar-refractivity contribution >= 4 is 0 Å². The molecule has 0 unspecified atom stereocenters. The zero-order chi connectivity index (χ0) is 12.4. The summed E-state index contributed by atoms with van der Waals surface area (Å²) >= 11 is 0. The third-order valence-corrected chi connectivity index (χ3v) is 2.53. The Morgan fingerprint density at radius 3 is 2.65 bits per heavy atom. The van der Waals surface area contributed by atoms with Crippen LogP contribution in [-0.2, 0) is 6.54 Å². The van der Waals surface area contributed by atoms with Gasteiger partial charge >= 0.3 is 0 Å². The maximum atomic E-state index is 13.7. The number of nitrogens with one attached hydrogen (secondary N) is 1. The van der Waals surface area contributed by atoms with Gasteiger partial charge in [-0.15, -0.1) is 0 Å². The standard InChI is InChI=1S/C13H13F2NO/c1-8-5-12(15)10(6-11(8)14)13-4-3-9(17-13)7-16-2/h3-6,16H,7H2,1-2H3. The number of halogens is 2. The molecule has 0 aliphatic rings. The van der Waals surface area contributed by atoms with Crippen molar-refractivity contribution in [1.82, 2.24) is 5.32 Å². The first kappa shape index (κ1) is 11.8. The molecule has 2 aromatic rings. The van der Waals surface area contributed by atoms with Crippen molar-refractivity contribution in [3.63, 3.8) is 0 Å². The van der Waals surface area contributed by atoms with E-state index in [4.69, 9.17) is 4.42 Å². The van der Waals surface area contributed by atoms with E-state index in [2.05, 4.69) is 5.32 Å². The van der Waals surface area contributed by atoms with Gasteiger partial charge in [-0.3, -0.25) is 0 Å². The summed E-state index contributed by atoms with van der Waals surface area (Å²) in [6.07, 6.45) is 0. The highest BCUT2D eigenvalue weighted by molar-refractivity contribution is 5.59. The van der Waals surface area contributed by atoms with Crippen molar-refractivity contribution in [2.45, 2.75) is 13.5 Å². The van der Waals surface area contributed by atoms with Gasteiger partial charge in [0, 0.05) is 0 Å². The summed E-state index contributed by atoms with van der Waals surface area (Å²) in [5, 5.41) is 2.92. The molecule has 1 heterocycles. The number of hydrogen-bond donors (Lipinski definition) is 1. The van der Waals surface area contributed by atoms with Crippen LogP contribution in [0.25, 0.3) is 11.3 Å². The van der Waals surface area contributed by atoms with Crippen molar-refractivity contribution in [1.29, 1.82) is 0 Å². The van der Waals surface area contributed by atoms with Gasteiger partial charge in [-0.1, -0.05) is 0 Å². The molecule has 0 amide bonds. The normalized spacial score (nSPS) is 10.8. The Morgan fingerprint density at radius 2 is 1.94 bits per heavy atom. The van der Waals surface area contributed by atoms with E-state index in [1.165, 1.54) is 13.0 Å². The molecule has 0 radical (unpaired) electrons. The number of hydrogen-bond acceptors (Lipinski definition) is 2. The molecule has 2 nitrogen and oxygen atoms in total. The van der Waals surface area contributed by atoms with Gasteiger partial charge in [0.25, 0.3) is 0 Å². The summed E-state index contributed by atoms with van der Waals surface area (Å²) in [4.78, 5) is 0. The zero-order valence-electron chi connectivity index (χ0n) is 9.68. The molecule has 0 bridgehead atoms. The minimum atomic E-state index is -0.478. The second-order valence-electron chi connectivity index (χ2n) is 3.88. The van der Waals surface area contributed by atoms with Crippen LogP contribution in [0.15, 0.2) is 28.7 Å². The number of furan rings is 1. The summed E-state index contributed by atoms with van der Waals surface area (Å²) < 4.78 is 32.5. The van der Waals surface area contributed by atoms with Crippen LogP contribution in [0.5, 0.6) is 0 Å². The van der Waals surface area contributed by atoms with Crippen LogP contribution in [0.1, 0.15) is 11.3 Å². The molecule has 1 aromatic carbocycles. The van der Waals surface area contributed by atoms with Gasteiger partial charge in [-0.05, 0) is 43.8 Å². The molecule has 1 aromatic heterocycles. The van der Waals surface area contributed by atoms with Gasteiger partial charge in [0.05, 0.1) is 12.1 Å². The van der Waals surface area contributed by atoms with Crippen LogP contribution in [0.3, 0.4) is 0 Å². The van der Waals surface area contributed by atoms with Gasteiger partial charge in [-0.2, -0.15) is 0 Å². The quantitative estimate of drug-likeness (QED) is 0.886. The maximum absolute atomic E-state index is 13.7. The van der Waals surface area contributed by atoms with E-state index in [-0.39, 0.29) is 11.1 Å². The topological polar surface area (TPSA) is 25.2 Å². The Hall–Kier alpha value is -1.68. The van der Waals surface area contributed by atoms with Crippen LogP contribution >= 0.6 is 0 Å². The fourth-order valence-corrected chi connectivity index (χ4v) is 1.63. The van der Waals surface area contributed by atoms with Gasteiger partial charge in [0.1, 0.15) is 23.2 Å². The highest BCUT2D eigenvalue weighted by Gasteiger charge is 2.12. The lowest BCUT2D eigenvalue weighted by atomic mass is 10.1. The molecular formula is C13H13F2NO. The fourth-order valence-electron chi connectivity index (χ4n) is 1.63. The Kier molecular flexibility index (Phi) is 3.24. The number of rotatable bonds is 3. The van der Waals surface area contributed by atoms with Crippen molar-refractivity contribution in [3.8, 4) is 11.3 Å². The molecule has 1 N–H and O–H groups in total. The Bertz CT molecular complexity index is 534. The molecule has 2 rings (SSSR count). The minimum Gasteiger partial charge on any atom is -0.460 e. The molecule has 0 spiro atoms. The van der Waals surface area contributed by atoms with Crippen LogP contribution in [-0.4, -0.2) is 7.05 Å². The van der Waals surface area contributed by atoms with Crippen LogP contribution < -0.4 is 5.32 Å². The lowest BCUT2D eigenvalue weighted by Crippen LogP contribution is -2.03. The minimum absolute atomic E-state index is 0.149. The lowest BCUT2D eigenvalue weighted by Gasteiger charge is -2.03. The monoisotopic (exact) mass is 237 g/mol. The summed E-state index contributed by atoms with van der Waals surface area (Å²) in [5.41, 5.74) is 0.434. The van der Waals surface area contributed by atoms with E-state index in [0.29, 0.717) is 18.1 Å². The highest BCUT2D eigenvalue weighted by Crippen LogP contribution is 2.27. The summed E-state index contributed by atoms with van der Waals surface area (Å²) in [7, 11) is 1.79. The van der Waals surface area contributed by atoms with Crippen molar-refractivity contribution in [3.05, 3.63) is 47.2 Å². The number of benzene rings is 1. The molecule has 0 saturated heterocycles. The summed E-state index contributed by atoms with van der Waals surface area (Å²) in [5.74, 6) is 0.108. The Balaban J connectivity index is 2.41. The van der Waals surface area contributed by atoms with Gasteiger partial charge in [-0.25, -0.2) is 8.78 Å². The first-order valence-electron chi connectivity index (χ1n) is 5.31. The van der Waals surface area contributed by atoms with Gasteiger partial charge in [0.15, 0.2) is 0 Å².